The minimum atomic E-state index is -0.190. The number of hydrogen-bond donors (Lipinski definition) is 0. The maximum atomic E-state index is 12.1. The van der Waals surface area contributed by atoms with E-state index < -0.39 is 0 Å². The molecule has 0 unspecified atom stereocenters. The minimum Gasteiger partial charge on any atom is -0.423 e. The van der Waals surface area contributed by atoms with Crippen molar-refractivity contribution < 1.29 is 8.94 Å². The van der Waals surface area contributed by atoms with E-state index in [1.54, 1.807) is 12.3 Å². The van der Waals surface area contributed by atoms with Crippen LogP contribution in [0.2, 0.25) is 0 Å². The summed E-state index contributed by atoms with van der Waals surface area (Å²) in [6.45, 7) is 2.18. The number of hydrogen-bond acceptors (Lipinski definition) is 7. The lowest BCUT2D eigenvalue weighted by Gasteiger charge is -2.03. The van der Waals surface area contributed by atoms with Gasteiger partial charge < -0.3 is 13.5 Å². The highest BCUT2D eigenvalue weighted by Crippen LogP contribution is 2.18. The van der Waals surface area contributed by atoms with E-state index in [0.29, 0.717) is 23.2 Å². The van der Waals surface area contributed by atoms with Gasteiger partial charge in [0.1, 0.15) is 0 Å². The molecule has 0 atom stereocenters. The SMILES string of the molecule is Cc1ccc(-c2nc(Cn3cc(-c4nnco4)ccc3=O)no2)cc1. The van der Waals surface area contributed by atoms with E-state index in [2.05, 4.69) is 20.3 Å². The Kier molecular flexibility index (Phi) is 3.70. The lowest BCUT2D eigenvalue weighted by Crippen LogP contribution is -2.19. The van der Waals surface area contributed by atoms with Crippen LogP contribution in [0.1, 0.15) is 11.4 Å². The van der Waals surface area contributed by atoms with Crippen LogP contribution < -0.4 is 5.56 Å². The summed E-state index contributed by atoms with van der Waals surface area (Å²) in [4.78, 5) is 16.4. The summed E-state index contributed by atoms with van der Waals surface area (Å²) in [5.41, 5.74) is 2.42. The molecular weight excluding hydrogens is 322 g/mol. The predicted octanol–water partition coefficient (Wildman–Crippen LogP) is 2.31. The molecule has 3 heterocycles. The second-order valence-electron chi connectivity index (χ2n) is 5.51. The molecule has 25 heavy (non-hydrogen) atoms. The fourth-order valence-corrected chi connectivity index (χ4v) is 2.36. The van der Waals surface area contributed by atoms with Gasteiger partial charge in [-0.2, -0.15) is 4.98 Å². The van der Waals surface area contributed by atoms with Crippen LogP contribution in [-0.4, -0.2) is 24.9 Å². The van der Waals surface area contributed by atoms with Crippen LogP contribution in [-0.2, 0) is 6.54 Å². The third-order valence-corrected chi connectivity index (χ3v) is 3.67. The first-order valence-electron chi connectivity index (χ1n) is 7.56. The van der Waals surface area contributed by atoms with E-state index in [1.807, 2.05) is 31.2 Å². The van der Waals surface area contributed by atoms with Gasteiger partial charge >= 0.3 is 0 Å². The summed E-state index contributed by atoms with van der Waals surface area (Å²) >= 11 is 0. The second kappa shape index (κ2) is 6.16. The monoisotopic (exact) mass is 335 g/mol. The summed E-state index contributed by atoms with van der Waals surface area (Å²) in [6.07, 6.45) is 2.86. The summed E-state index contributed by atoms with van der Waals surface area (Å²) < 4.78 is 11.9. The van der Waals surface area contributed by atoms with E-state index in [4.69, 9.17) is 8.94 Å². The van der Waals surface area contributed by atoms with Crippen molar-refractivity contribution in [2.75, 3.05) is 0 Å². The van der Waals surface area contributed by atoms with Gasteiger partial charge in [0.2, 0.25) is 12.3 Å². The molecule has 4 aromatic rings. The molecule has 0 saturated heterocycles. The van der Waals surface area contributed by atoms with Crippen LogP contribution in [0.3, 0.4) is 0 Å². The Hall–Kier alpha value is -3.55. The molecule has 8 nitrogen and oxygen atoms in total. The smallest absolute Gasteiger partial charge is 0.257 e. The molecule has 124 valence electrons. The zero-order valence-electron chi connectivity index (χ0n) is 13.3. The maximum Gasteiger partial charge on any atom is 0.257 e. The lowest BCUT2D eigenvalue weighted by atomic mass is 10.1. The number of benzene rings is 1. The highest BCUT2D eigenvalue weighted by molar-refractivity contribution is 5.53. The molecule has 0 aliphatic carbocycles. The van der Waals surface area contributed by atoms with Crippen LogP contribution in [0.15, 0.2) is 62.7 Å². The normalized spacial score (nSPS) is 10.9. The van der Waals surface area contributed by atoms with Crippen LogP contribution in [0.4, 0.5) is 0 Å². The molecule has 0 fully saturated rings. The molecule has 8 heteroatoms. The van der Waals surface area contributed by atoms with Gasteiger partial charge in [0, 0.05) is 17.8 Å². The van der Waals surface area contributed by atoms with E-state index in [-0.39, 0.29) is 12.1 Å². The van der Waals surface area contributed by atoms with Crippen molar-refractivity contribution in [1.82, 2.24) is 24.9 Å². The first-order valence-corrected chi connectivity index (χ1v) is 7.56. The summed E-state index contributed by atoms with van der Waals surface area (Å²) in [6, 6.07) is 10.8. The van der Waals surface area contributed by atoms with Crippen LogP contribution in [0.25, 0.3) is 22.9 Å². The maximum absolute atomic E-state index is 12.1. The van der Waals surface area contributed by atoms with E-state index >= 15 is 0 Å². The molecule has 0 N–H and O–H groups in total. The van der Waals surface area contributed by atoms with Crippen molar-refractivity contribution in [2.24, 2.45) is 0 Å². The zero-order chi connectivity index (χ0) is 17.2. The van der Waals surface area contributed by atoms with Gasteiger partial charge in [-0.15, -0.1) is 10.2 Å². The number of nitrogens with zero attached hydrogens (tertiary/aromatic N) is 5. The molecule has 4 rings (SSSR count). The van der Waals surface area contributed by atoms with Gasteiger partial charge in [-0.3, -0.25) is 4.79 Å². The second-order valence-corrected chi connectivity index (χ2v) is 5.51. The average Bonchev–Trinajstić information content (AvgIpc) is 3.29. The fraction of sp³-hybridized carbons (Fsp3) is 0.118. The quantitative estimate of drug-likeness (QED) is 0.564. The summed E-state index contributed by atoms with van der Waals surface area (Å²) in [5.74, 6) is 1.15. The van der Waals surface area contributed by atoms with E-state index in [9.17, 15) is 4.79 Å². The Labute approximate surface area is 141 Å². The molecule has 0 amide bonds. The standard InChI is InChI=1S/C17H13N5O3/c1-11-2-4-12(5-3-11)16-19-14(21-25-16)9-22-8-13(6-7-15(22)23)17-20-18-10-24-17/h2-8,10H,9H2,1H3. The van der Waals surface area contributed by atoms with Gasteiger partial charge in [-0.05, 0) is 25.1 Å². The third kappa shape index (κ3) is 3.09. The molecule has 0 aliphatic rings. The average molecular weight is 335 g/mol. The number of pyridine rings is 1. The molecule has 0 spiro atoms. The fourth-order valence-electron chi connectivity index (χ4n) is 2.36. The number of aromatic nitrogens is 5. The Balaban J connectivity index is 1.61. The Morgan fingerprint density at radius 2 is 1.84 bits per heavy atom. The van der Waals surface area contributed by atoms with Crippen LogP contribution in [0, 0.1) is 6.92 Å². The van der Waals surface area contributed by atoms with Gasteiger partial charge in [-0.25, -0.2) is 0 Å². The van der Waals surface area contributed by atoms with Crippen molar-refractivity contribution in [2.45, 2.75) is 13.5 Å². The topological polar surface area (TPSA) is 99.8 Å². The molecule has 0 aliphatic heterocycles. The summed E-state index contributed by atoms with van der Waals surface area (Å²) in [5, 5.41) is 11.4. The van der Waals surface area contributed by atoms with Crippen molar-refractivity contribution in [3.8, 4) is 22.9 Å². The van der Waals surface area contributed by atoms with Crippen molar-refractivity contribution in [3.63, 3.8) is 0 Å². The van der Waals surface area contributed by atoms with Gasteiger partial charge in [0.25, 0.3) is 11.4 Å². The number of aryl methyl sites for hydroxylation is 1. The lowest BCUT2D eigenvalue weighted by molar-refractivity contribution is 0.420. The molecule has 0 saturated carbocycles. The molecule has 3 aromatic heterocycles. The number of rotatable bonds is 4. The molecule has 0 bridgehead atoms. The Morgan fingerprint density at radius 1 is 1.04 bits per heavy atom. The highest BCUT2D eigenvalue weighted by atomic mass is 16.5. The van der Waals surface area contributed by atoms with Crippen LogP contribution in [0.5, 0.6) is 0 Å². The van der Waals surface area contributed by atoms with E-state index in [1.165, 1.54) is 17.0 Å². The van der Waals surface area contributed by atoms with E-state index in [0.717, 1.165) is 11.1 Å². The molecular formula is C17H13N5O3. The van der Waals surface area contributed by atoms with Gasteiger partial charge in [-0.1, -0.05) is 22.9 Å². The van der Waals surface area contributed by atoms with Crippen LogP contribution >= 0.6 is 0 Å². The first-order chi connectivity index (χ1) is 12.2. The predicted molar refractivity (Wildman–Crippen MR) is 87.6 cm³/mol. The first kappa shape index (κ1) is 15.0. The summed E-state index contributed by atoms with van der Waals surface area (Å²) in [7, 11) is 0. The molecule has 1 aromatic carbocycles. The van der Waals surface area contributed by atoms with Crippen molar-refractivity contribution >= 4 is 0 Å². The largest absolute Gasteiger partial charge is 0.423 e. The molecule has 0 radical (unpaired) electrons. The Bertz CT molecular complexity index is 1050. The zero-order valence-corrected chi connectivity index (χ0v) is 13.3. The third-order valence-electron chi connectivity index (χ3n) is 3.67. The van der Waals surface area contributed by atoms with Crippen molar-refractivity contribution in [1.29, 1.82) is 0 Å². The van der Waals surface area contributed by atoms with Crippen molar-refractivity contribution in [3.05, 3.63) is 70.7 Å². The Morgan fingerprint density at radius 3 is 2.60 bits per heavy atom. The van der Waals surface area contributed by atoms with Gasteiger partial charge in [0.05, 0.1) is 12.1 Å². The van der Waals surface area contributed by atoms with Gasteiger partial charge in [0.15, 0.2) is 5.82 Å². The minimum absolute atomic E-state index is 0.177. The highest BCUT2D eigenvalue weighted by Gasteiger charge is 2.11.